The lowest BCUT2D eigenvalue weighted by molar-refractivity contribution is 0.0653. The Morgan fingerprint density at radius 3 is 2.59 bits per heavy atom. The maximum absolute atomic E-state index is 13.4. The lowest BCUT2D eigenvalue weighted by Gasteiger charge is -2.27. The summed E-state index contributed by atoms with van der Waals surface area (Å²) in [4.78, 5) is 0. The maximum atomic E-state index is 13.4. The Kier molecular flexibility index (Phi) is 5.59. The van der Waals surface area contributed by atoms with Gasteiger partial charge in [-0.1, -0.05) is 19.9 Å². The van der Waals surface area contributed by atoms with E-state index in [1.165, 1.54) is 6.07 Å². The van der Waals surface area contributed by atoms with Gasteiger partial charge in [0.1, 0.15) is 5.82 Å². The highest BCUT2D eigenvalue weighted by Crippen LogP contribution is 2.25. The van der Waals surface area contributed by atoms with E-state index >= 15 is 0 Å². The van der Waals surface area contributed by atoms with E-state index in [0.717, 1.165) is 24.1 Å². The average Bonchev–Trinajstić information content (AvgIpc) is 2.33. The summed E-state index contributed by atoms with van der Waals surface area (Å²) in [6.07, 6.45) is 0.958. The lowest BCUT2D eigenvalue weighted by Crippen LogP contribution is -2.33. The Morgan fingerprint density at radius 2 is 2.06 bits per heavy atom. The number of nitrogens with one attached hydrogen (secondary N) is 1. The molecule has 0 amide bonds. The SMILES string of the molecule is CCNC(c1cc(F)ccc1C)C(CC)OC. The van der Waals surface area contributed by atoms with Crippen LogP contribution in [0.25, 0.3) is 0 Å². The summed E-state index contributed by atoms with van der Waals surface area (Å²) >= 11 is 0. The number of hydrogen-bond donors (Lipinski definition) is 1. The highest BCUT2D eigenvalue weighted by atomic mass is 19.1. The van der Waals surface area contributed by atoms with Crippen molar-refractivity contribution in [2.45, 2.75) is 39.3 Å². The van der Waals surface area contributed by atoms with E-state index in [4.69, 9.17) is 4.74 Å². The Bertz CT molecular complexity index is 350. The zero-order chi connectivity index (χ0) is 12.8. The molecule has 3 heteroatoms. The fourth-order valence-electron chi connectivity index (χ4n) is 2.15. The van der Waals surface area contributed by atoms with Crippen molar-refractivity contribution >= 4 is 0 Å². The molecule has 96 valence electrons. The molecule has 1 aromatic rings. The number of rotatable bonds is 6. The molecular formula is C14H22FNO. The lowest BCUT2D eigenvalue weighted by atomic mass is 9.95. The van der Waals surface area contributed by atoms with Crippen LogP contribution in [0.3, 0.4) is 0 Å². The zero-order valence-electron chi connectivity index (χ0n) is 11.1. The smallest absolute Gasteiger partial charge is 0.123 e. The second-order valence-corrected chi connectivity index (χ2v) is 4.22. The molecule has 2 unspecified atom stereocenters. The summed E-state index contributed by atoms with van der Waals surface area (Å²) < 4.78 is 18.8. The molecule has 0 aliphatic carbocycles. The van der Waals surface area contributed by atoms with Gasteiger partial charge in [0.2, 0.25) is 0 Å². The van der Waals surface area contributed by atoms with Gasteiger partial charge in [-0.15, -0.1) is 0 Å². The van der Waals surface area contributed by atoms with Gasteiger partial charge in [-0.3, -0.25) is 0 Å². The third kappa shape index (κ3) is 3.51. The first-order valence-corrected chi connectivity index (χ1v) is 6.16. The van der Waals surface area contributed by atoms with Gasteiger partial charge in [0.05, 0.1) is 12.1 Å². The molecule has 1 aromatic carbocycles. The molecule has 0 fully saturated rings. The summed E-state index contributed by atoms with van der Waals surface area (Å²) in [6, 6.07) is 4.96. The van der Waals surface area contributed by atoms with Gasteiger partial charge in [0.25, 0.3) is 0 Å². The first-order chi connectivity index (χ1) is 8.13. The fourth-order valence-corrected chi connectivity index (χ4v) is 2.15. The molecule has 0 heterocycles. The maximum Gasteiger partial charge on any atom is 0.123 e. The Hall–Kier alpha value is -0.930. The van der Waals surface area contributed by atoms with E-state index in [9.17, 15) is 4.39 Å². The van der Waals surface area contributed by atoms with Crippen molar-refractivity contribution in [3.8, 4) is 0 Å². The van der Waals surface area contributed by atoms with E-state index in [1.54, 1.807) is 13.2 Å². The van der Waals surface area contributed by atoms with Crippen LogP contribution in [0.15, 0.2) is 18.2 Å². The molecule has 0 saturated carbocycles. The summed E-state index contributed by atoms with van der Waals surface area (Å²) in [7, 11) is 1.70. The Labute approximate surface area is 103 Å². The molecule has 0 saturated heterocycles. The minimum Gasteiger partial charge on any atom is -0.379 e. The molecule has 1 rings (SSSR count). The topological polar surface area (TPSA) is 21.3 Å². The minimum atomic E-state index is -0.195. The number of hydrogen-bond acceptors (Lipinski definition) is 2. The summed E-state index contributed by atoms with van der Waals surface area (Å²) in [5, 5.41) is 3.38. The van der Waals surface area contributed by atoms with E-state index in [0.29, 0.717) is 0 Å². The van der Waals surface area contributed by atoms with E-state index in [-0.39, 0.29) is 18.0 Å². The van der Waals surface area contributed by atoms with Crippen LogP contribution in [0.5, 0.6) is 0 Å². The molecular weight excluding hydrogens is 217 g/mol. The van der Waals surface area contributed by atoms with Crippen molar-refractivity contribution in [2.24, 2.45) is 0 Å². The minimum absolute atomic E-state index is 0.0469. The van der Waals surface area contributed by atoms with E-state index in [1.807, 2.05) is 19.9 Å². The highest BCUT2D eigenvalue weighted by Gasteiger charge is 2.22. The van der Waals surface area contributed by atoms with Crippen molar-refractivity contribution in [1.82, 2.24) is 5.32 Å². The standard InChI is InChI=1S/C14H22FNO/c1-5-13(17-4)14(16-6-2)12-9-11(15)8-7-10(12)3/h7-9,13-14,16H,5-6H2,1-4H3. The van der Waals surface area contributed by atoms with Crippen LogP contribution in [0.2, 0.25) is 0 Å². The van der Waals surface area contributed by atoms with Gasteiger partial charge in [-0.2, -0.15) is 0 Å². The van der Waals surface area contributed by atoms with Gasteiger partial charge in [-0.05, 0) is 43.1 Å². The molecule has 0 aromatic heterocycles. The Morgan fingerprint density at radius 1 is 1.35 bits per heavy atom. The number of aryl methyl sites for hydroxylation is 1. The summed E-state index contributed by atoms with van der Waals surface area (Å²) in [6.45, 7) is 6.96. The van der Waals surface area contributed by atoms with E-state index < -0.39 is 0 Å². The van der Waals surface area contributed by atoms with Crippen molar-refractivity contribution in [2.75, 3.05) is 13.7 Å². The van der Waals surface area contributed by atoms with Crippen LogP contribution in [0.1, 0.15) is 37.4 Å². The average molecular weight is 239 g/mol. The van der Waals surface area contributed by atoms with Crippen molar-refractivity contribution in [3.05, 3.63) is 35.1 Å². The van der Waals surface area contributed by atoms with Gasteiger partial charge in [0.15, 0.2) is 0 Å². The number of likely N-dealkylation sites (N-methyl/N-ethyl adjacent to an activating group) is 1. The largest absolute Gasteiger partial charge is 0.379 e. The molecule has 2 atom stereocenters. The molecule has 0 spiro atoms. The third-order valence-corrected chi connectivity index (χ3v) is 3.08. The highest BCUT2D eigenvalue weighted by molar-refractivity contribution is 5.30. The van der Waals surface area contributed by atoms with Gasteiger partial charge in [-0.25, -0.2) is 4.39 Å². The van der Waals surface area contributed by atoms with Crippen LogP contribution >= 0.6 is 0 Å². The number of methoxy groups -OCH3 is 1. The van der Waals surface area contributed by atoms with E-state index in [2.05, 4.69) is 12.2 Å². The predicted octanol–water partition coefficient (Wildman–Crippen LogP) is 3.21. The van der Waals surface area contributed by atoms with Crippen LogP contribution in [-0.2, 0) is 4.74 Å². The molecule has 2 nitrogen and oxygen atoms in total. The molecule has 0 bridgehead atoms. The summed E-state index contributed by atoms with van der Waals surface area (Å²) in [5.41, 5.74) is 2.08. The normalized spacial score (nSPS) is 14.6. The van der Waals surface area contributed by atoms with Crippen LogP contribution < -0.4 is 5.32 Å². The summed E-state index contributed by atoms with van der Waals surface area (Å²) in [5.74, 6) is -0.195. The van der Waals surface area contributed by atoms with Gasteiger partial charge >= 0.3 is 0 Å². The fraction of sp³-hybridized carbons (Fsp3) is 0.571. The second-order valence-electron chi connectivity index (χ2n) is 4.22. The number of halogens is 1. The molecule has 1 N–H and O–H groups in total. The molecule has 0 aliphatic rings. The third-order valence-electron chi connectivity index (χ3n) is 3.08. The first kappa shape index (κ1) is 14.1. The second kappa shape index (κ2) is 6.72. The van der Waals surface area contributed by atoms with Crippen molar-refractivity contribution in [1.29, 1.82) is 0 Å². The number of ether oxygens (including phenoxy) is 1. The van der Waals surface area contributed by atoms with Crippen molar-refractivity contribution < 1.29 is 9.13 Å². The predicted molar refractivity (Wildman–Crippen MR) is 68.6 cm³/mol. The zero-order valence-corrected chi connectivity index (χ0v) is 11.1. The van der Waals surface area contributed by atoms with Crippen molar-refractivity contribution in [3.63, 3.8) is 0 Å². The van der Waals surface area contributed by atoms with Crippen LogP contribution in [0.4, 0.5) is 4.39 Å². The molecule has 0 aliphatic heterocycles. The molecule has 17 heavy (non-hydrogen) atoms. The first-order valence-electron chi connectivity index (χ1n) is 6.16. The van der Waals surface area contributed by atoms with Gasteiger partial charge < -0.3 is 10.1 Å². The quantitative estimate of drug-likeness (QED) is 0.823. The monoisotopic (exact) mass is 239 g/mol. The molecule has 0 radical (unpaired) electrons. The van der Waals surface area contributed by atoms with Crippen LogP contribution in [-0.4, -0.2) is 19.8 Å². The van der Waals surface area contributed by atoms with Crippen LogP contribution in [0, 0.1) is 12.7 Å². The Balaban J connectivity index is 3.07. The van der Waals surface area contributed by atoms with Gasteiger partial charge in [0, 0.05) is 7.11 Å². The number of benzene rings is 1.